The van der Waals surface area contributed by atoms with Gasteiger partial charge in [-0.15, -0.1) is 0 Å². The number of hydrogen-bond acceptors (Lipinski definition) is 7. The van der Waals surface area contributed by atoms with Crippen molar-refractivity contribution in [3.63, 3.8) is 0 Å². The minimum absolute atomic E-state index is 0.00155. The number of hydrogen-bond donors (Lipinski definition) is 0. The summed E-state index contributed by atoms with van der Waals surface area (Å²) in [6, 6.07) is 6.35. The van der Waals surface area contributed by atoms with Crippen LogP contribution in [0.15, 0.2) is 29.2 Å². The van der Waals surface area contributed by atoms with Gasteiger partial charge in [-0.25, -0.2) is 16.8 Å². The summed E-state index contributed by atoms with van der Waals surface area (Å²) in [6.07, 6.45) is 1.98. The van der Waals surface area contributed by atoms with Crippen molar-refractivity contribution in [2.24, 2.45) is 5.92 Å². The maximum atomic E-state index is 13.2. The van der Waals surface area contributed by atoms with Crippen LogP contribution in [0.1, 0.15) is 19.3 Å². The minimum Gasteiger partial charge on any atom is -0.497 e. The van der Waals surface area contributed by atoms with Crippen molar-refractivity contribution in [3.05, 3.63) is 24.3 Å². The molecule has 11 heteroatoms. The molecule has 9 nitrogen and oxygen atoms in total. The summed E-state index contributed by atoms with van der Waals surface area (Å²) < 4.78 is 56.2. The average Bonchev–Trinajstić information content (AvgIpc) is 3.18. The zero-order valence-electron chi connectivity index (χ0n) is 18.3. The molecule has 3 aliphatic heterocycles. The number of rotatable bonds is 5. The molecular weight excluding hydrogens is 454 g/mol. The zero-order chi connectivity index (χ0) is 22.9. The molecule has 0 aliphatic carbocycles. The Hall–Kier alpha value is -1.69. The highest BCUT2D eigenvalue weighted by molar-refractivity contribution is 7.91. The molecule has 0 N–H and O–H groups in total. The fourth-order valence-electron chi connectivity index (χ4n) is 4.89. The first-order valence-corrected chi connectivity index (χ1v) is 14.3. The van der Waals surface area contributed by atoms with Gasteiger partial charge in [-0.2, -0.15) is 4.31 Å². The molecule has 0 unspecified atom stereocenters. The summed E-state index contributed by atoms with van der Waals surface area (Å²) in [5, 5.41) is 0. The third-order valence-electron chi connectivity index (χ3n) is 6.78. The first kappa shape index (κ1) is 23.5. The fraction of sp³-hybridized carbons (Fsp3) is 0.667. The SMILES string of the molecule is COc1ccc(S(=O)(=O)N2CCC[C@@H](C(=O)N3CCN([C@H]4CCS(=O)(=O)C4)CC3)C2)cc1. The van der Waals surface area contributed by atoms with Gasteiger partial charge < -0.3 is 9.64 Å². The van der Waals surface area contributed by atoms with Crippen LogP contribution in [0.25, 0.3) is 0 Å². The normalized spacial score (nSPS) is 27.3. The molecule has 0 bridgehead atoms. The smallest absolute Gasteiger partial charge is 0.243 e. The van der Waals surface area contributed by atoms with Crippen LogP contribution in [-0.2, 0) is 24.7 Å². The molecule has 1 aromatic rings. The van der Waals surface area contributed by atoms with E-state index in [2.05, 4.69) is 4.90 Å². The van der Waals surface area contributed by atoms with Gasteiger partial charge in [0.25, 0.3) is 0 Å². The number of carbonyl (C=O) groups is 1. The summed E-state index contributed by atoms with van der Waals surface area (Å²) in [6.45, 7) is 3.02. The molecule has 3 fully saturated rings. The van der Waals surface area contributed by atoms with E-state index in [1.807, 2.05) is 4.90 Å². The number of benzene rings is 1. The third-order valence-corrected chi connectivity index (χ3v) is 10.4. The molecule has 0 radical (unpaired) electrons. The second-order valence-electron chi connectivity index (χ2n) is 8.80. The Balaban J connectivity index is 1.35. The lowest BCUT2D eigenvalue weighted by molar-refractivity contribution is -0.138. The van der Waals surface area contributed by atoms with E-state index in [1.165, 1.54) is 23.5 Å². The molecule has 32 heavy (non-hydrogen) atoms. The van der Waals surface area contributed by atoms with E-state index < -0.39 is 19.9 Å². The Bertz CT molecular complexity index is 1030. The van der Waals surface area contributed by atoms with Crippen molar-refractivity contribution in [2.75, 3.05) is 57.9 Å². The van der Waals surface area contributed by atoms with Gasteiger partial charge in [-0.05, 0) is 43.5 Å². The second-order valence-corrected chi connectivity index (χ2v) is 13.0. The third kappa shape index (κ3) is 4.95. The summed E-state index contributed by atoms with van der Waals surface area (Å²) in [5.74, 6) is 0.692. The van der Waals surface area contributed by atoms with Crippen molar-refractivity contribution in [2.45, 2.75) is 30.2 Å². The molecule has 3 aliphatic rings. The largest absolute Gasteiger partial charge is 0.497 e. The molecular formula is C21H31N3O6S2. The van der Waals surface area contributed by atoms with Gasteiger partial charge in [0.2, 0.25) is 15.9 Å². The van der Waals surface area contributed by atoms with Crippen LogP contribution >= 0.6 is 0 Å². The number of piperidine rings is 1. The molecule has 3 saturated heterocycles. The maximum Gasteiger partial charge on any atom is 0.243 e. The van der Waals surface area contributed by atoms with Crippen molar-refractivity contribution in [1.29, 1.82) is 0 Å². The van der Waals surface area contributed by atoms with Crippen molar-refractivity contribution in [3.8, 4) is 5.75 Å². The molecule has 4 rings (SSSR count). The molecule has 3 heterocycles. The van der Waals surface area contributed by atoms with Crippen molar-refractivity contribution in [1.82, 2.24) is 14.1 Å². The van der Waals surface area contributed by atoms with Crippen LogP contribution in [0.2, 0.25) is 0 Å². The van der Waals surface area contributed by atoms with Crippen molar-refractivity contribution < 1.29 is 26.4 Å². The highest BCUT2D eigenvalue weighted by Crippen LogP contribution is 2.27. The van der Waals surface area contributed by atoms with E-state index in [1.54, 1.807) is 12.1 Å². The van der Waals surface area contributed by atoms with Gasteiger partial charge >= 0.3 is 0 Å². The number of amides is 1. The van der Waals surface area contributed by atoms with Gasteiger partial charge in [-0.1, -0.05) is 0 Å². The monoisotopic (exact) mass is 485 g/mol. The molecule has 1 amide bonds. The molecule has 0 spiro atoms. The first-order valence-electron chi connectivity index (χ1n) is 11.1. The quantitative estimate of drug-likeness (QED) is 0.596. The van der Waals surface area contributed by atoms with Crippen LogP contribution in [0.4, 0.5) is 0 Å². The maximum absolute atomic E-state index is 13.2. The van der Waals surface area contributed by atoms with E-state index in [4.69, 9.17) is 4.74 Å². The molecule has 1 aromatic carbocycles. The molecule has 0 aromatic heterocycles. The lowest BCUT2D eigenvalue weighted by Gasteiger charge is -2.40. The van der Waals surface area contributed by atoms with Crippen LogP contribution in [0.5, 0.6) is 5.75 Å². The number of nitrogens with zero attached hydrogens (tertiary/aromatic N) is 3. The molecule has 0 saturated carbocycles. The van der Waals surface area contributed by atoms with Gasteiger partial charge in [0.15, 0.2) is 9.84 Å². The van der Waals surface area contributed by atoms with Crippen LogP contribution < -0.4 is 4.74 Å². The highest BCUT2D eigenvalue weighted by atomic mass is 32.2. The van der Waals surface area contributed by atoms with E-state index in [-0.39, 0.29) is 40.8 Å². The van der Waals surface area contributed by atoms with Crippen molar-refractivity contribution >= 4 is 25.8 Å². The number of sulfone groups is 1. The standard InChI is InChI=1S/C21H31N3O6S2/c1-30-19-4-6-20(7-5-19)32(28,29)24-9-2-3-17(15-24)21(25)23-12-10-22(11-13-23)18-8-14-31(26,27)16-18/h4-7,17-18H,2-3,8-16H2,1H3/t17-,18+/m1/s1. The Morgan fingerprint density at radius 1 is 1.03 bits per heavy atom. The number of piperazine rings is 1. The van der Waals surface area contributed by atoms with Crippen LogP contribution in [0.3, 0.4) is 0 Å². The summed E-state index contributed by atoms with van der Waals surface area (Å²) >= 11 is 0. The Kier molecular flexibility index (Phi) is 6.81. The first-order chi connectivity index (χ1) is 15.2. The Labute approximate surface area is 190 Å². The van der Waals surface area contributed by atoms with Gasteiger partial charge in [0, 0.05) is 45.3 Å². The van der Waals surface area contributed by atoms with E-state index in [0.29, 0.717) is 57.7 Å². The average molecular weight is 486 g/mol. The Morgan fingerprint density at radius 3 is 2.31 bits per heavy atom. The van der Waals surface area contributed by atoms with Gasteiger partial charge in [-0.3, -0.25) is 9.69 Å². The van der Waals surface area contributed by atoms with Gasteiger partial charge in [0.1, 0.15) is 5.75 Å². The highest BCUT2D eigenvalue weighted by Gasteiger charge is 2.38. The predicted octanol–water partition coefficient (Wildman–Crippen LogP) is 0.427. The molecule has 2 atom stereocenters. The fourth-order valence-corrected chi connectivity index (χ4v) is 8.17. The Morgan fingerprint density at radius 2 is 1.72 bits per heavy atom. The number of sulfonamides is 1. The predicted molar refractivity (Wildman–Crippen MR) is 120 cm³/mol. The van der Waals surface area contributed by atoms with E-state index in [0.717, 1.165) is 0 Å². The lowest BCUT2D eigenvalue weighted by atomic mass is 9.97. The zero-order valence-corrected chi connectivity index (χ0v) is 20.0. The van der Waals surface area contributed by atoms with Crippen LogP contribution in [-0.4, -0.2) is 101 Å². The number of ether oxygens (including phenoxy) is 1. The summed E-state index contributed by atoms with van der Waals surface area (Å²) in [4.78, 5) is 17.3. The van der Waals surface area contributed by atoms with E-state index in [9.17, 15) is 21.6 Å². The van der Waals surface area contributed by atoms with Gasteiger partial charge in [0.05, 0.1) is 29.4 Å². The second kappa shape index (κ2) is 9.28. The summed E-state index contributed by atoms with van der Waals surface area (Å²) in [7, 11) is -5.08. The topological polar surface area (TPSA) is 104 Å². The number of carbonyl (C=O) groups excluding carboxylic acids is 1. The van der Waals surface area contributed by atoms with E-state index >= 15 is 0 Å². The lowest BCUT2D eigenvalue weighted by Crippen LogP contribution is -2.55. The molecule has 178 valence electrons. The number of methoxy groups -OCH3 is 1. The summed E-state index contributed by atoms with van der Waals surface area (Å²) in [5.41, 5.74) is 0. The van der Waals surface area contributed by atoms with Crippen LogP contribution in [0, 0.1) is 5.92 Å². The minimum atomic E-state index is -3.67.